The van der Waals surface area contributed by atoms with Gasteiger partial charge in [0, 0.05) is 26.6 Å². The number of carbonyl (C=O) groups excluding carboxylic acids is 1. The highest BCUT2D eigenvalue weighted by atomic mass is 35.5. The van der Waals surface area contributed by atoms with Gasteiger partial charge in [-0.1, -0.05) is 17.7 Å². The second-order valence-corrected chi connectivity index (χ2v) is 6.20. The zero-order valence-electron chi connectivity index (χ0n) is 14.3. The second kappa shape index (κ2) is 7.21. The molecule has 1 atom stereocenters. The Morgan fingerprint density at radius 3 is 2.84 bits per heavy atom. The van der Waals surface area contributed by atoms with Crippen LogP contribution >= 0.6 is 11.6 Å². The van der Waals surface area contributed by atoms with Gasteiger partial charge in [0.25, 0.3) is 5.91 Å². The number of aromatic nitrogens is 3. The summed E-state index contributed by atoms with van der Waals surface area (Å²) in [5.41, 5.74) is 2.58. The van der Waals surface area contributed by atoms with Crippen molar-refractivity contribution in [2.45, 2.75) is 13.0 Å². The lowest BCUT2D eigenvalue weighted by molar-refractivity contribution is 0.0588. The van der Waals surface area contributed by atoms with Gasteiger partial charge >= 0.3 is 0 Å². The highest BCUT2D eigenvalue weighted by Gasteiger charge is 2.27. The molecule has 3 rings (SSSR count). The van der Waals surface area contributed by atoms with Crippen molar-refractivity contribution >= 4 is 23.2 Å². The van der Waals surface area contributed by atoms with Crippen molar-refractivity contribution in [3.8, 4) is 0 Å². The van der Waals surface area contributed by atoms with Crippen molar-refractivity contribution in [2.75, 3.05) is 20.8 Å². The number of ether oxygens (including phenoxy) is 1. The number of carbonyl (C=O) groups is 1. The molecule has 0 spiro atoms. The van der Waals surface area contributed by atoms with Gasteiger partial charge in [-0.3, -0.25) is 14.2 Å². The number of rotatable bonds is 5. The molecule has 0 aliphatic heterocycles. The molecule has 3 aromatic heterocycles. The lowest BCUT2D eigenvalue weighted by Crippen LogP contribution is -2.35. The fourth-order valence-corrected chi connectivity index (χ4v) is 2.99. The van der Waals surface area contributed by atoms with Crippen molar-refractivity contribution in [2.24, 2.45) is 0 Å². The lowest BCUT2D eigenvalue weighted by atomic mass is 10.1. The molecule has 3 aromatic rings. The number of imidazole rings is 1. The number of pyridine rings is 2. The van der Waals surface area contributed by atoms with Crippen LogP contribution in [-0.4, -0.2) is 45.9 Å². The number of hydrogen-bond acceptors (Lipinski definition) is 4. The minimum absolute atomic E-state index is 0.167. The van der Waals surface area contributed by atoms with Gasteiger partial charge < -0.3 is 9.64 Å². The van der Waals surface area contributed by atoms with E-state index in [4.69, 9.17) is 16.3 Å². The smallest absolute Gasteiger partial charge is 0.273 e. The summed E-state index contributed by atoms with van der Waals surface area (Å²) in [6.07, 6.45) is 3.40. The van der Waals surface area contributed by atoms with Crippen LogP contribution in [0.5, 0.6) is 0 Å². The number of hydrogen-bond donors (Lipinski definition) is 0. The number of methoxy groups -OCH3 is 1. The predicted octanol–water partition coefficient (Wildman–Crippen LogP) is 3.15. The third-order valence-corrected chi connectivity index (χ3v) is 4.32. The molecule has 6 nitrogen and oxygen atoms in total. The fraction of sp³-hybridized carbons (Fsp3) is 0.278. The highest BCUT2D eigenvalue weighted by molar-refractivity contribution is 6.30. The lowest BCUT2D eigenvalue weighted by Gasteiger charge is -2.27. The van der Waals surface area contributed by atoms with Crippen LogP contribution in [0.4, 0.5) is 0 Å². The van der Waals surface area contributed by atoms with E-state index in [1.807, 2.05) is 25.1 Å². The summed E-state index contributed by atoms with van der Waals surface area (Å²) in [5.74, 6) is -0.167. The molecule has 130 valence electrons. The molecule has 0 saturated heterocycles. The Kier molecular flexibility index (Phi) is 5.01. The van der Waals surface area contributed by atoms with E-state index < -0.39 is 0 Å². The highest BCUT2D eigenvalue weighted by Crippen LogP contribution is 2.23. The van der Waals surface area contributed by atoms with E-state index in [0.717, 1.165) is 5.69 Å². The number of amides is 1. The van der Waals surface area contributed by atoms with Crippen LogP contribution in [0.1, 0.15) is 27.9 Å². The van der Waals surface area contributed by atoms with Crippen LogP contribution in [0.3, 0.4) is 0 Å². The van der Waals surface area contributed by atoms with Gasteiger partial charge in [-0.05, 0) is 31.2 Å². The summed E-state index contributed by atoms with van der Waals surface area (Å²) in [4.78, 5) is 23.6. The average molecular weight is 359 g/mol. The Morgan fingerprint density at radius 2 is 2.16 bits per heavy atom. The first-order valence-electron chi connectivity index (χ1n) is 7.84. The predicted molar refractivity (Wildman–Crippen MR) is 95.9 cm³/mol. The Balaban J connectivity index is 2.01. The molecule has 0 N–H and O–H groups in total. The molecule has 7 heteroatoms. The number of halogens is 1. The average Bonchev–Trinajstić information content (AvgIpc) is 2.94. The van der Waals surface area contributed by atoms with Gasteiger partial charge in [-0.15, -0.1) is 0 Å². The summed E-state index contributed by atoms with van der Waals surface area (Å²) < 4.78 is 7.03. The zero-order chi connectivity index (χ0) is 18.0. The van der Waals surface area contributed by atoms with Crippen molar-refractivity contribution in [3.63, 3.8) is 0 Å². The zero-order valence-corrected chi connectivity index (χ0v) is 15.1. The van der Waals surface area contributed by atoms with Crippen LogP contribution < -0.4 is 0 Å². The van der Waals surface area contributed by atoms with Gasteiger partial charge in [0.05, 0.1) is 29.1 Å². The van der Waals surface area contributed by atoms with Gasteiger partial charge in [0.15, 0.2) is 0 Å². The maximum absolute atomic E-state index is 13.2. The van der Waals surface area contributed by atoms with Gasteiger partial charge in [-0.25, -0.2) is 4.98 Å². The molecule has 0 unspecified atom stereocenters. The Bertz CT molecular complexity index is 895. The molecule has 0 aliphatic carbocycles. The van der Waals surface area contributed by atoms with E-state index in [0.29, 0.717) is 28.7 Å². The summed E-state index contributed by atoms with van der Waals surface area (Å²) in [6, 6.07) is 8.85. The van der Waals surface area contributed by atoms with E-state index in [9.17, 15) is 4.79 Å². The SMILES string of the molecule is COC[C@@H](c1ccccn1)N(C)C(=O)c1c(C)nc2ccc(Cl)cn12. The Labute approximate surface area is 151 Å². The molecule has 0 bridgehead atoms. The maximum atomic E-state index is 13.2. The van der Waals surface area contributed by atoms with Crippen molar-refractivity contribution < 1.29 is 9.53 Å². The van der Waals surface area contributed by atoms with Crippen molar-refractivity contribution in [1.82, 2.24) is 19.3 Å². The standard InChI is InChI=1S/C18H19ClN4O2/c1-12-17(23-10-13(19)7-8-16(23)21-12)18(24)22(2)15(11-25-3)14-6-4-5-9-20-14/h4-10,15H,11H2,1-3H3/t15-/m0/s1. The fourth-order valence-electron chi connectivity index (χ4n) is 2.83. The first-order chi connectivity index (χ1) is 12.0. The Morgan fingerprint density at radius 1 is 1.36 bits per heavy atom. The number of nitrogens with zero attached hydrogens (tertiary/aromatic N) is 4. The van der Waals surface area contributed by atoms with Crippen LogP contribution in [0.15, 0.2) is 42.7 Å². The molecule has 3 heterocycles. The molecule has 1 amide bonds. The molecular weight excluding hydrogens is 340 g/mol. The molecule has 0 aromatic carbocycles. The summed E-state index contributed by atoms with van der Waals surface area (Å²) in [7, 11) is 3.34. The first kappa shape index (κ1) is 17.4. The molecule has 0 fully saturated rings. The maximum Gasteiger partial charge on any atom is 0.273 e. The number of fused-ring (bicyclic) bond motifs is 1. The largest absolute Gasteiger partial charge is 0.382 e. The summed E-state index contributed by atoms with van der Waals surface area (Å²) in [6.45, 7) is 2.16. The molecule has 0 aliphatic rings. The number of likely N-dealkylation sites (N-methyl/N-ethyl adjacent to an activating group) is 1. The van der Waals surface area contributed by atoms with Gasteiger partial charge in [0.2, 0.25) is 0 Å². The minimum atomic E-state index is -0.303. The van der Waals surface area contributed by atoms with Gasteiger partial charge in [-0.2, -0.15) is 0 Å². The topological polar surface area (TPSA) is 59.7 Å². The van der Waals surface area contributed by atoms with E-state index in [-0.39, 0.29) is 11.9 Å². The minimum Gasteiger partial charge on any atom is -0.382 e. The second-order valence-electron chi connectivity index (χ2n) is 5.76. The van der Waals surface area contributed by atoms with E-state index in [1.165, 1.54) is 0 Å². The third kappa shape index (κ3) is 3.36. The van der Waals surface area contributed by atoms with E-state index >= 15 is 0 Å². The molecule has 0 saturated carbocycles. The normalized spacial score (nSPS) is 12.3. The van der Waals surface area contributed by atoms with E-state index in [1.54, 1.807) is 48.0 Å². The number of aryl methyl sites for hydroxylation is 1. The van der Waals surface area contributed by atoms with Crippen molar-refractivity contribution in [3.05, 3.63) is 64.8 Å². The quantitative estimate of drug-likeness (QED) is 0.703. The van der Waals surface area contributed by atoms with Crippen LogP contribution in [0.2, 0.25) is 5.02 Å². The summed E-state index contributed by atoms with van der Waals surface area (Å²) >= 11 is 6.09. The molecule has 25 heavy (non-hydrogen) atoms. The van der Waals surface area contributed by atoms with E-state index in [2.05, 4.69) is 9.97 Å². The van der Waals surface area contributed by atoms with Crippen molar-refractivity contribution in [1.29, 1.82) is 0 Å². The molecular formula is C18H19ClN4O2. The van der Waals surface area contributed by atoms with Crippen LogP contribution in [0, 0.1) is 6.92 Å². The Hall–Kier alpha value is -2.44. The summed E-state index contributed by atoms with van der Waals surface area (Å²) in [5, 5.41) is 0.541. The van der Waals surface area contributed by atoms with Crippen LogP contribution in [-0.2, 0) is 4.74 Å². The monoisotopic (exact) mass is 358 g/mol. The van der Waals surface area contributed by atoms with Crippen LogP contribution in [0.25, 0.3) is 5.65 Å². The molecule has 0 radical (unpaired) electrons. The first-order valence-corrected chi connectivity index (χ1v) is 8.22. The van der Waals surface area contributed by atoms with Gasteiger partial charge in [0.1, 0.15) is 11.3 Å². The third-order valence-electron chi connectivity index (χ3n) is 4.10.